The number of nitrogens with zero attached hydrogens (tertiary/aromatic N) is 1. The number of halogens is 2. The Balaban J connectivity index is 2.12. The predicted molar refractivity (Wildman–Crippen MR) is 80.1 cm³/mol. The van der Waals surface area contributed by atoms with Crippen LogP contribution in [0.3, 0.4) is 0 Å². The molecule has 3 N–H and O–H groups in total. The number of carbonyl (C=O) groups is 1. The van der Waals surface area contributed by atoms with Crippen LogP contribution in [0.1, 0.15) is 10.4 Å². The van der Waals surface area contributed by atoms with Gasteiger partial charge < -0.3 is 10.7 Å². The maximum Gasteiger partial charge on any atom is 0.248 e. The molecule has 100 valence electrons. The maximum atomic E-state index is 11.2. The molecule has 1 amide bonds. The second kappa shape index (κ2) is 4.81. The summed E-state index contributed by atoms with van der Waals surface area (Å²) in [5, 5.41) is 0.949. The van der Waals surface area contributed by atoms with Gasteiger partial charge in [0.15, 0.2) is 0 Å². The van der Waals surface area contributed by atoms with Gasteiger partial charge in [0.05, 0.1) is 21.1 Å². The van der Waals surface area contributed by atoms with Crippen molar-refractivity contribution in [3.63, 3.8) is 0 Å². The number of fused-ring (bicyclic) bond motifs is 1. The number of aromatic nitrogens is 2. The molecule has 0 unspecified atom stereocenters. The molecule has 0 atom stereocenters. The lowest BCUT2D eigenvalue weighted by Crippen LogP contribution is -2.10. The van der Waals surface area contributed by atoms with Crippen molar-refractivity contribution in [2.45, 2.75) is 0 Å². The van der Waals surface area contributed by atoms with Crippen LogP contribution in [-0.2, 0) is 0 Å². The van der Waals surface area contributed by atoms with Crippen molar-refractivity contribution in [3.05, 3.63) is 52.0 Å². The average molecular weight is 306 g/mol. The molecule has 3 aromatic rings. The highest BCUT2D eigenvalue weighted by Crippen LogP contribution is 2.28. The Morgan fingerprint density at radius 3 is 2.60 bits per heavy atom. The Bertz CT molecular complexity index is 826. The topological polar surface area (TPSA) is 71.8 Å². The van der Waals surface area contributed by atoms with Crippen LogP contribution in [-0.4, -0.2) is 15.9 Å². The summed E-state index contributed by atoms with van der Waals surface area (Å²) in [6, 6.07) is 10.3. The van der Waals surface area contributed by atoms with E-state index in [0.29, 0.717) is 21.4 Å². The number of aromatic amines is 1. The van der Waals surface area contributed by atoms with E-state index in [2.05, 4.69) is 9.97 Å². The first kappa shape index (κ1) is 13.0. The first-order valence-electron chi connectivity index (χ1n) is 5.79. The number of benzene rings is 2. The Hall–Kier alpha value is -2.04. The summed E-state index contributed by atoms with van der Waals surface area (Å²) in [6.07, 6.45) is 0. The molecule has 0 radical (unpaired) electrons. The second-order valence-electron chi connectivity index (χ2n) is 4.31. The van der Waals surface area contributed by atoms with E-state index in [-0.39, 0.29) is 0 Å². The summed E-state index contributed by atoms with van der Waals surface area (Å²) in [5.74, 6) is 0.178. The lowest BCUT2D eigenvalue weighted by Gasteiger charge is -1.99. The SMILES string of the molecule is NC(=O)c1ccc2nc(-c3ccc(Cl)c(Cl)c3)[nH]c2c1. The number of rotatable bonds is 2. The van der Waals surface area contributed by atoms with Crippen molar-refractivity contribution in [2.75, 3.05) is 0 Å². The number of amides is 1. The monoisotopic (exact) mass is 305 g/mol. The fourth-order valence-corrected chi connectivity index (χ4v) is 2.24. The molecule has 4 nitrogen and oxygen atoms in total. The van der Waals surface area contributed by atoms with Crippen molar-refractivity contribution in [3.8, 4) is 11.4 Å². The normalized spacial score (nSPS) is 10.9. The van der Waals surface area contributed by atoms with Crippen LogP contribution < -0.4 is 5.73 Å². The van der Waals surface area contributed by atoms with Crippen LogP contribution in [0.2, 0.25) is 10.0 Å². The summed E-state index contributed by atoms with van der Waals surface area (Å²) in [5.41, 5.74) is 7.99. The molecule has 0 aliphatic carbocycles. The minimum Gasteiger partial charge on any atom is -0.366 e. The van der Waals surface area contributed by atoms with Crippen LogP contribution in [0.4, 0.5) is 0 Å². The lowest BCUT2D eigenvalue weighted by atomic mass is 10.2. The van der Waals surface area contributed by atoms with E-state index in [0.717, 1.165) is 16.6 Å². The minimum absolute atomic E-state index is 0.432. The van der Waals surface area contributed by atoms with Gasteiger partial charge in [0.2, 0.25) is 5.91 Å². The number of imidazole rings is 1. The Morgan fingerprint density at radius 1 is 1.10 bits per heavy atom. The Labute approximate surface area is 124 Å². The van der Waals surface area contributed by atoms with Gasteiger partial charge in [-0.05, 0) is 36.4 Å². The molecule has 0 aliphatic rings. The number of nitrogens with one attached hydrogen (secondary N) is 1. The summed E-state index contributed by atoms with van der Waals surface area (Å²) >= 11 is 11.9. The number of hydrogen-bond donors (Lipinski definition) is 2. The van der Waals surface area contributed by atoms with E-state index in [1.54, 1.807) is 30.3 Å². The van der Waals surface area contributed by atoms with Crippen LogP contribution in [0.25, 0.3) is 22.4 Å². The molecule has 3 rings (SSSR count). The second-order valence-corrected chi connectivity index (χ2v) is 5.12. The van der Waals surface area contributed by atoms with Gasteiger partial charge in [-0.15, -0.1) is 0 Å². The van der Waals surface area contributed by atoms with E-state index in [1.165, 1.54) is 0 Å². The molecule has 0 fully saturated rings. The predicted octanol–water partition coefficient (Wildman–Crippen LogP) is 3.64. The standard InChI is InChI=1S/C14H9Cl2N3O/c15-9-3-1-8(5-10(9)16)14-18-11-4-2-7(13(17)20)6-12(11)19-14/h1-6H,(H2,17,20)(H,18,19). The van der Waals surface area contributed by atoms with Gasteiger partial charge in [-0.2, -0.15) is 0 Å². The smallest absolute Gasteiger partial charge is 0.248 e. The van der Waals surface area contributed by atoms with Crippen molar-refractivity contribution >= 4 is 40.1 Å². The van der Waals surface area contributed by atoms with Crippen LogP contribution in [0.5, 0.6) is 0 Å². The molecule has 0 spiro atoms. The number of nitrogens with two attached hydrogens (primary N) is 1. The number of hydrogen-bond acceptors (Lipinski definition) is 2. The average Bonchev–Trinajstić information content (AvgIpc) is 2.84. The van der Waals surface area contributed by atoms with Crippen LogP contribution >= 0.6 is 23.2 Å². The van der Waals surface area contributed by atoms with Gasteiger partial charge >= 0.3 is 0 Å². The summed E-state index contributed by atoms with van der Waals surface area (Å²) in [4.78, 5) is 18.7. The third-order valence-corrected chi connectivity index (χ3v) is 3.70. The fraction of sp³-hybridized carbons (Fsp3) is 0. The van der Waals surface area contributed by atoms with E-state index >= 15 is 0 Å². The zero-order chi connectivity index (χ0) is 14.3. The van der Waals surface area contributed by atoms with E-state index < -0.39 is 5.91 Å². The third kappa shape index (κ3) is 2.24. The molecule has 6 heteroatoms. The lowest BCUT2D eigenvalue weighted by molar-refractivity contribution is 0.100. The first-order valence-corrected chi connectivity index (χ1v) is 6.55. The number of primary amides is 1. The van der Waals surface area contributed by atoms with Gasteiger partial charge in [0.25, 0.3) is 0 Å². The summed E-state index contributed by atoms with van der Waals surface area (Å²) < 4.78 is 0. The molecule has 0 aliphatic heterocycles. The highest BCUT2D eigenvalue weighted by molar-refractivity contribution is 6.42. The first-order chi connectivity index (χ1) is 9.54. The van der Waals surface area contributed by atoms with Gasteiger partial charge in [-0.3, -0.25) is 4.79 Å². The van der Waals surface area contributed by atoms with E-state index in [1.807, 2.05) is 6.07 Å². The van der Waals surface area contributed by atoms with Crippen molar-refractivity contribution < 1.29 is 4.79 Å². The van der Waals surface area contributed by atoms with Gasteiger partial charge in [0, 0.05) is 11.1 Å². The highest BCUT2D eigenvalue weighted by atomic mass is 35.5. The molecule has 2 aromatic carbocycles. The molecule has 0 saturated carbocycles. The molecule has 1 heterocycles. The summed E-state index contributed by atoms with van der Waals surface area (Å²) in [6.45, 7) is 0. The van der Waals surface area contributed by atoms with Crippen LogP contribution in [0, 0.1) is 0 Å². The van der Waals surface area contributed by atoms with E-state index in [4.69, 9.17) is 28.9 Å². The molecule has 1 aromatic heterocycles. The van der Waals surface area contributed by atoms with Crippen molar-refractivity contribution in [2.24, 2.45) is 5.73 Å². The van der Waals surface area contributed by atoms with Gasteiger partial charge in [-0.1, -0.05) is 23.2 Å². The number of carbonyl (C=O) groups excluding carboxylic acids is 1. The third-order valence-electron chi connectivity index (χ3n) is 2.96. The van der Waals surface area contributed by atoms with Gasteiger partial charge in [0.1, 0.15) is 5.82 Å². The largest absolute Gasteiger partial charge is 0.366 e. The van der Waals surface area contributed by atoms with Crippen molar-refractivity contribution in [1.82, 2.24) is 9.97 Å². The zero-order valence-electron chi connectivity index (χ0n) is 10.2. The maximum absolute atomic E-state index is 11.2. The quantitative estimate of drug-likeness (QED) is 0.758. The van der Waals surface area contributed by atoms with E-state index in [9.17, 15) is 4.79 Å². The fourth-order valence-electron chi connectivity index (χ4n) is 1.94. The zero-order valence-corrected chi connectivity index (χ0v) is 11.7. The molecular formula is C14H9Cl2N3O. The summed E-state index contributed by atoms with van der Waals surface area (Å²) in [7, 11) is 0. The van der Waals surface area contributed by atoms with Gasteiger partial charge in [-0.25, -0.2) is 4.98 Å². The number of H-pyrrole nitrogens is 1. The molecule has 0 saturated heterocycles. The van der Waals surface area contributed by atoms with Crippen molar-refractivity contribution in [1.29, 1.82) is 0 Å². The Morgan fingerprint density at radius 2 is 1.90 bits per heavy atom. The molecular weight excluding hydrogens is 297 g/mol. The highest BCUT2D eigenvalue weighted by Gasteiger charge is 2.09. The Kier molecular flexibility index (Phi) is 3.12. The minimum atomic E-state index is -0.474. The molecule has 0 bridgehead atoms. The molecule has 20 heavy (non-hydrogen) atoms. The van der Waals surface area contributed by atoms with Crippen LogP contribution in [0.15, 0.2) is 36.4 Å².